The molecule has 5 nitrogen and oxygen atoms in total. The minimum absolute atomic E-state index is 0.550. The monoisotopic (exact) mass is 885 g/mol. The predicted molar refractivity (Wildman–Crippen MR) is 283 cm³/mol. The summed E-state index contributed by atoms with van der Waals surface area (Å²) in [5, 5.41) is 4.77. The summed E-state index contributed by atoms with van der Waals surface area (Å²) in [5.74, 6) is 1.74. The lowest BCUT2D eigenvalue weighted by Crippen LogP contribution is -2.02. The molecule has 0 N–H and O–H groups in total. The molecule has 0 unspecified atom stereocenters. The van der Waals surface area contributed by atoms with Crippen LogP contribution in [-0.2, 0) is 0 Å². The first-order chi connectivity index (χ1) is 33.7. The molecule has 0 fully saturated rings. The van der Waals surface area contributed by atoms with Crippen molar-refractivity contribution < 1.29 is 0 Å². The molecule has 0 amide bonds. The summed E-state index contributed by atoms with van der Waals surface area (Å²) in [4.78, 5) is 21.2. The molecule has 6 heteroatoms. The maximum absolute atomic E-state index is 5.50. The highest BCUT2D eigenvalue weighted by Crippen LogP contribution is 2.46. The fraction of sp³-hybridized carbons (Fsp3) is 0. The van der Waals surface area contributed by atoms with Gasteiger partial charge in [0.2, 0.25) is 0 Å². The second-order valence-electron chi connectivity index (χ2n) is 17.0. The highest BCUT2D eigenvalue weighted by atomic mass is 32.1. The van der Waals surface area contributed by atoms with Crippen LogP contribution in [0.1, 0.15) is 0 Å². The van der Waals surface area contributed by atoms with E-state index < -0.39 is 0 Å². The Balaban J connectivity index is 1.08. The molecule has 13 aromatic rings. The van der Waals surface area contributed by atoms with Gasteiger partial charge in [-0.1, -0.05) is 170 Å². The van der Waals surface area contributed by atoms with Crippen molar-refractivity contribution in [3.63, 3.8) is 0 Å². The number of thiophene rings is 1. The summed E-state index contributed by atoms with van der Waals surface area (Å²) in [6, 6.07) is 81.3. The first kappa shape index (κ1) is 39.5. The SMILES string of the molecule is c1ccc(-c2cc(-c3ccccc3)cc(-c3cnc(-c4cccc5sc6cc7c(cc6c45)c4ccccc4n7-c4ccccc4)c(-c4nc(-c5ccccc5)nc(-c5ccccc5)n4)c3)c2)cc1. The molecule has 0 spiro atoms. The Morgan fingerprint density at radius 2 is 0.853 bits per heavy atom. The fourth-order valence-corrected chi connectivity index (χ4v) is 10.8. The van der Waals surface area contributed by atoms with Crippen LogP contribution in [0.15, 0.2) is 237 Å². The van der Waals surface area contributed by atoms with Gasteiger partial charge in [0, 0.05) is 70.6 Å². The van der Waals surface area contributed by atoms with Gasteiger partial charge >= 0.3 is 0 Å². The summed E-state index contributed by atoms with van der Waals surface area (Å²) >= 11 is 1.82. The van der Waals surface area contributed by atoms with Crippen molar-refractivity contribution in [2.75, 3.05) is 0 Å². The highest BCUT2D eigenvalue weighted by Gasteiger charge is 2.23. The number of pyridine rings is 1. The molecule has 0 radical (unpaired) electrons. The van der Waals surface area contributed by atoms with E-state index in [1.807, 2.05) is 53.9 Å². The summed E-state index contributed by atoms with van der Waals surface area (Å²) in [7, 11) is 0. The average Bonchev–Trinajstić information content (AvgIpc) is 3.95. The van der Waals surface area contributed by atoms with Crippen LogP contribution in [0.25, 0.3) is 126 Å². The minimum atomic E-state index is 0.550. The number of benzene rings is 9. The fourth-order valence-electron chi connectivity index (χ4n) is 9.67. The van der Waals surface area contributed by atoms with Crippen molar-refractivity contribution in [3.05, 3.63) is 237 Å². The molecular weight excluding hydrogens is 847 g/mol. The van der Waals surface area contributed by atoms with E-state index in [0.717, 1.165) is 72.4 Å². The van der Waals surface area contributed by atoms with Gasteiger partial charge in [-0.05, 0) is 88.5 Å². The topological polar surface area (TPSA) is 56.5 Å². The van der Waals surface area contributed by atoms with Gasteiger partial charge < -0.3 is 4.57 Å². The third-order valence-electron chi connectivity index (χ3n) is 12.9. The van der Waals surface area contributed by atoms with Gasteiger partial charge in [-0.15, -0.1) is 11.3 Å². The molecule has 0 saturated heterocycles. The Morgan fingerprint density at radius 3 is 1.47 bits per heavy atom. The van der Waals surface area contributed by atoms with E-state index in [9.17, 15) is 0 Å². The number of fused-ring (bicyclic) bond motifs is 6. The third-order valence-corrected chi connectivity index (χ3v) is 14.0. The minimum Gasteiger partial charge on any atom is -0.309 e. The maximum atomic E-state index is 5.50. The van der Waals surface area contributed by atoms with Crippen LogP contribution >= 0.6 is 11.3 Å². The molecule has 0 saturated carbocycles. The summed E-state index contributed by atoms with van der Waals surface area (Å²) in [5.41, 5.74) is 14.5. The average molecular weight is 886 g/mol. The lowest BCUT2D eigenvalue weighted by atomic mass is 9.92. The van der Waals surface area contributed by atoms with Gasteiger partial charge in [0.15, 0.2) is 17.5 Å². The van der Waals surface area contributed by atoms with Crippen molar-refractivity contribution >= 4 is 53.3 Å². The summed E-state index contributed by atoms with van der Waals surface area (Å²) in [6.45, 7) is 0. The van der Waals surface area contributed by atoms with E-state index >= 15 is 0 Å². The number of aromatic nitrogens is 5. The molecule has 68 heavy (non-hydrogen) atoms. The molecule has 0 atom stereocenters. The molecule has 4 aromatic heterocycles. The Bertz CT molecular complexity index is 3880. The maximum Gasteiger partial charge on any atom is 0.166 e. The standard InChI is InChI=1S/C62H39N5S/c1-6-19-40(20-7-1)44-33-45(41-21-8-2-9-22-41)35-46(34-44)47-36-53(62-65-60(42-23-10-3-11-24-42)64-61(66-62)43-25-12-4-13-26-43)59(63-39-47)50-30-18-32-56-58(50)52-37-51-49-29-16-17-31-54(49)67(48-27-14-5-15-28-48)55(51)38-57(52)68-56/h1-39H. The number of hydrogen-bond donors (Lipinski definition) is 0. The first-order valence-corrected chi connectivity index (χ1v) is 23.6. The van der Waals surface area contributed by atoms with E-state index in [2.05, 4.69) is 199 Å². The lowest BCUT2D eigenvalue weighted by Gasteiger charge is -2.15. The van der Waals surface area contributed by atoms with Crippen LogP contribution in [0.2, 0.25) is 0 Å². The quantitative estimate of drug-likeness (QED) is 0.153. The van der Waals surface area contributed by atoms with Crippen molar-refractivity contribution in [1.82, 2.24) is 24.5 Å². The molecule has 0 bridgehead atoms. The van der Waals surface area contributed by atoms with Crippen molar-refractivity contribution in [3.8, 4) is 84.5 Å². The molecule has 0 aliphatic rings. The predicted octanol–water partition coefficient (Wildman–Crippen LogP) is 16.4. The first-order valence-electron chi connectivity index (χ1n) is 22.8. The zero-order valence-electron chi connectivity index (χ0n) is 36.7. The van der Waals surface area contributed by atoms with Crippen LogP contribution in [-0.4, -0.2) is 24.5 Å². The van der Waals surface area contributed by atoms with Gasteiger partial charge in [-0.2, -0.15) is 0 Å². The number of nitrogens with zero attached hydrogens (tertiary/aromatic N) is 5. The third kappa shape index (κ3) is 6.94. The van der Waals surface area contributed by atoms with E-state index in [-0.39, 0.29) is 0 Å². The van der Waals surface area contributed by atoms with Crippen molar-refractivity contribution in [2.24, 2.45) is 0 Å². The highest BCUT2D eigenvalue weighted by molar-refractivity contribution is 7.26. The summed E-state index contributed by atoms with van der Waals surface area (Å²) < 4.78 is 4.78. The number of rotatable bonds is 8. The van der Waals surface area contributed by atoms with E-state index in [0.29, 0.717) is 17.5 Å². The van der Waals surface area contributed by atoms with Gasteiger partial charge in [0.25, 0.3) is 0 Å². The van der Waals surface area contributed by atoms with Gasteiger partial charge in [-0.3, -0.25) is 4.98 Å². The largest absolute Gasteiger partial charge is 0.309 e. The van der Waals surface area contributed by atoms with Gasteiger partial charge in [-0.25, -0.2) is 15.0 Å². The lowest BCUT2D eigenvalue weighted by molar-refractivity contribution is 1.07. The zero-order chi connectivity index (χ0) is 45.0. The normalized spacial score (nSPS) is 11.5. The molecule has 0 aliphatic carbocycles. The molecule has 13 rings (SSSR count). The van der Waals surface area contributed by atoms with Gasteiger partial charge in [0.05, 0.1) is 16.7 Å². The van der Waals surface area contributed by atoms with Crippen LogP contribution in [0.3, 0.4) is 0 Å². The van der Waals surface area contributed by atoms with Crippen LogP contribution in [0.4, 0.5) is 0 Å². The van der Waals surface area contributed by atoms with Crippen LogP contribution < -0.4 is 0 Å². The smallest absolute Gasteiger partial charge is 0.166 e. The van der Waals surface area contributed by atoms with E-state index in [1.165, 1.54) is 36.6 Å². The Hall–Kier alpha value is -8.84. The Morgan fingerprint density at radius 1 is 0.324 bits per heavy atom. The van der Waals surface area contributed by atoms with Crippen LogP contribution in [0.5, 0.6) is 0 Å². The Kier molecular flexibility index (Phi) is 9.62. The number of para-hydroxylation sites is 2. The van der Waals surface area contributed by atoms with Crippen molar-refractivity contribution in [2.45, 2.75) is 0 Å². The van der Waals surface area contributed by atoms with E-state index in [4.69, 9.17) is 19.9 Å². The van der Waals surface area contributed by atoms with Crippen molar-refractivity contribution in [1.29, 1.82) is 0 Å². The second-order valence-corrected chi connectivity index (χ2v) is 18.1. The molecular formula is C62H39N5S. The van der Waals surface area contributed by atoms with Gasteiger partial charge in [0.1, 0.15) is 0 Å². The molecule has 0 aliphatic heterocycles. The zero-order valence-corrected chi connectivity index (χ0v) is 37.5. The molecule has 9 aromatic carbocycles. The molecule has 318 valence electrons. The van der Waals surface area contributed by atoms with E-state index in [1.54, 1.807) is 0 Å². The van der Waals surface area contributed by atoms with Crippen LogP contribution in [0, 0.1) is 0 Å². The Labute approximate surface area is 397 Å². The number of hydrogen-bond acceptors (Lipinski definition) is 5. The second kappa shape index (κ2) is 16.5. The summed E-state index contributed by atoms with van der Waals surface area (Å²) in [6.07, 6.45) is 2.02. The molecule has 4 heterocycles.